The van der Waals surface area contributed by atoms with E-state index in [0.29, 0.717) is 11.3 Å². The van der Waals surface area contributed by atoms with Gasteiger partial charge in [-0.15, -0.1) is 0 Å². The maximum absolute atomic E-state index is 12.3. The van der Waals surface area contributed by atoms with E-state index < -0.39 is 0 Å². The fourth-order valence-electron chi connectivity index (χ4n) is 2.90. The highest BCUT2D eigenvalue weighted by Crippen LogP contribution is 2.22. The normalized spacial score (nSPS) is 10.8. The third-order valence-corrected chi connectivity index (χ3v) is 4.44. The van der Waals surface area contributed by atoms with Crippen molar-refractivity contribution in [2.24, 2.45) is 5.10 Å². The predicted octanol–water partition coefficient (Wildman–Crippen LogP) is 3.71. The first-order valence-corrected chi connectivity index (χ1v) is 9.27. The number of hydrazone groups is 1. The van der Waals surface area contributed by atoms with Gasteiger partial charge in [0.05, 0.1) is 19.0 Å². The number of pyridine rings is 1. The van der Waals surface area contributed by atoms with Crippen LogP contribution in [0.25, 0.3) is 16.9 Å². The molecular weight excluding hydrogens is 378 g/mol. The molecule has 4 rings (SSSR count). The summed E-state index contributed by atoms with van der Waals surface area (Å²) in [5.74, 6) is 0.375. The van der Waals surface area contributed by atoms with E-state index in [4.69, 9.17) is 9.84 Å². The molecule has 0 radical (unpaired) electrons. The molecule has 0 unspecified atom stereocenters. The fourth-order valence-corrected chi connectivity index (χ4v) is 2.90. The SMILES string of the molecule is COc1ccc(C(=O)N/N=C\c2cn(-c3ccccc3)nc2-c2ccncc2)cc1. The van der Waals surface area contributed by atoms with Gasteiger partial charge in [0, 0.05) is 35.3 Å². The van der Waals surface area contributed by atoms with Crippen molar-refractivity contribution >= 4 is 12.1 Å². The van der Waals surface area contributed by atoms with E-state index in [1.807, 2.05) is 48.7 Å². The summed E-state index contributed by atoms with van der Waals surface area (Å²) in [4.78, 5) is 16.4. The van der Waals surface area contributed by atoms with Crippen LogP contribution in [-0.4, -0.2) is 34.0 Å². The molecule has 30 heavy (non-hydrogen) atoms. The van der Waals surface area contributed by atoms with E-state index in [0.717, 1.165) is 22.5 Å². The van der Waals surface area contributed by atoms with Crippen molar-refractivity contribution in [1.29, 1.82) is 0 Å². The van der Waals surface area contributed by atoms with E-state index in [-0.39, 0.29) is 5.91 Å². The van der Waals surface area contributed by atoms with E-state index in [9.17, 15) is 4.79 Å². The lowest BCUT2D eigenvalue weighted by Gasteiger charge is -2.02. The number of ether oxygens (including phenoxy) is 1. The Balaban J connectivity index is 1.59. The number of carbonyl (C=O) groups is 1. The zero-order chi connectivity index (χ0) is 20.8. The molecule has 0 aliphatic heterocycles. The minimum absolute atomic E-state index is 0.310. The maximum Gasteiger partial charge on any atom is 0.271 e. The zero-order valence-corrected chi connectivity index (χ0v) is 16.3. The molecule has 2 aromatic heterocycles. The summed E-state index contributed by atoms with van der Waals surface area (Å²) in [6.45, 7) is 0. The number of nitrogens with zero attached hydrogens (tertiary/aromatic N) is 4. The van der Waals surface area contributed by atoms with Crippen LogP contribution in [-0.2, 0) is 0 Å². The first-order valence-electron chi connectivity index (χ1n) is 9.27. The smallest absolute Gasteiger partial charge is 0.271 e. The number of para-hydroxylation sites is 1. The van der Waals surface area contributed by atoms with Gasteiger partial charge in [-0.2, -0.15) is 10.2 Å². The van der Waals surface area contributed by atoms with Crippen LogP contribution in [0.15, 0.2) is 90.4 Å². The van der Waals surface area contributed by atoms with Gasteiger partial charge in [0.25, 0.3) is 5.91 Å². The summed E-state index contributed by atoms with van der Waals surface area (Å²) in [5, 5.41) is 8.83. The molecule has 4 aromatic rings. The molecule has 0 saturated carbocycles. The van der Waals surface area contributed by atoms with E-state index in [1.54, 1.807) is 54.7 Å². The van der Waals surface area contributed by atoms with Crippen LogP contribution < -0.4 is 10.2 Å². The van der Waals surface area contributed by atoms with Gasteiger partial charge in [0.2, 0.25) is 0 Å². The fraction of sp³-hybridized carbons (Fsp3) is 0.0435. The zero-order valence-electron chi connectivity index (χ0n) is 16.3. The van der Waals surface area contributed by atoms with Crippen molar-refractivity contribution in [2.45, 2.75) is 0 Å². The van der Waals surface area contributed by atoms with Crippen molar-refractivity contribution in [1.82, 2.24) is 20.2 Å². The number of nitrogens with one attached hydrogen (secondary N) is 1. The van der Waals surface area contributed by atoms with E-state index >= 15 is 0 Å². The van der Waals surface area contributed by atoms with Crippen LogP contribution in [0.4, 0.5) is 0 Å². The Morgan fingerprint density at radius 1 is 1.03 bits per heavy atom. The van der Waals surface area contributed by atoms with Gasteiger partial charge in [-0.25, -0.2) is 10.1 Å². The monoisotopic (exact) mass is 397 g/mol. The highest BCUT2D eigenvalue weighted by molar-refractivity contribution is 5.95. The van der Waals surface area contributed by atoms with Crippen LogP contribution in [0, 0.1) is 0 Å². The van der Waals surface area contributed by atoms with Gasteiger partial charge in [-0.1, -0.05) is 18.2 Å². The Morgan fingerprint density at radius 2 is 1.77 bits per heavy atom. The number of benzene rings is 2. The van der Waals surface area contributed by atoms with Gasteiger partial charge in [0.1, 0.15) is 11.4 Å². The van der Waals surface area contributed by atoms with Gasteiger partial charge >= 0.3 is 0 Å². The lowest BCUT2D eigenvalue weighted by molar-refractivity contribution is 0.0955. The molecule has 0 atom stereocenters. The molecule has 2 heterocycles. The first-order chi connectivity index (χ1) is 14.7. The second-order valence-corrected chi connectivity index (χ2v) is 6.38. The molecule has 0 aliphatic carbocycles. The largest absolute Gasteiger partial charge is 0.497 e. The minimum atomic E-state index is -0.310. The molecule has 0 saturated heterocycles. The Bertz CT molecular complexity index is 1150. The number of hydrogen-bond donors (Lipinski definition) is 1. The van der Waals surface area contributed by atoms with Crippen LogP contribution in [0.2, 0.25) is 0 Å². The second-order valence-electron chi connectivity index (χ2n) is 6.38. The highest BCUT2D eigenvalue weighted by atomic mass is 16.5. The lowest BCUT2D eigenvalue weighted by atomic mass is 10.1. The molecule has 148 valence electrons. The Labute approximate surface area is 173 Å². The quantitative estimate of drug-likeness (QED) is 0.397. The van der Waals surface area contributed by atoms with Gasteiger partial charge in [-0.05, 0) is 48.5 Å². The van der Waals surface area contributed by atoms with Gasteiger partial charge < -0.3 is 4.74 Å². The van der Waals surface area contributed by atoms with Crippen LogP contribution in [0.1, 0.15) is 15.9 Å². The summed E-state index contributed by atoms with van der Waals surface area (Å²) in [7, 11) is 1.58. The van der Waals surface area contributed by atoms with Crippen molar-refractivity contribution in [2.75, 3.05) is 7.11 Å². The Morgan fingerprint density at radius 3 is 2.47 bits per heavy atom. The predicted molar refractivity (Wildman–Crippen MR) is 115 cm³/mol. The molecule has 7 heteroatoms. The van der Waals surface area contributed by atoms with Gasteiger partial charge in [-0.3, -0.25) is 9.78 Å². The topological polar surface area (TPSA) is 81.4 Å². The van der Waals surface area contributed by atoms with Crippen LogP contribution in [0.3, 0.4) is 0 Å². The summed E-state index contributed by atoms with van der Waals surface area (Å²) in [5.41, 5.74) is 6.38. The number of methoxy groups -OCH3 is 1. The van der Waals surface area contributed by atoms with Crippen molar-refractivity contribution in [3.05, 3.63) is 96.4 Å². The standard InChI is InChI=1S/C23H19N5O2/c1-30-21-9-7-18(8-10-21)23(29)26-25-15-19-16-28(20-5-3-2-4-6-20)27-22(19)17-11-13-24-14-12-17/h2-16H,1H3,(H,26,29)/b25-15-. The average Bonchev–Trinajstić information content (AvgIpc) is 3.24. The summed E-state index contributed by atoms with van der Waals surface area (Å²) < 4.78 is 6.89. The highest BCUT2D eigenvalue weighted by Gasteiger charge is 2.11. The van der Waals surface area contributed by atoms with E-state index in [1.165, 1.54) is 0 Å². The van der Waals surface area contributed by atoms with Crippen molar-refractivity contribution in [3.63, 3.8) is 0 Å². The number of rotatable bonds is 6. The van der Waals surface area contributed by atoms with Crippen molar-refractivity contribution in [3.8, 4) is 22.7 Å². The molecular formula is C23H19N5O2. The molecule has 0 bridgehead atoms. The average molecular weight is 397 g/mol. The minimum Gasteiger partial charge on any atom is -0.497 e. The van der Waals surface area contributed by atoms with Crippen LogP contribution >= 0.6 is 0 Å². The number of amides is 1. The molecule has 1 amide bonds. The maximum atomic E-state index is 12.3. The van der Waals surface area contributed by atoms with Gasteiger partial charge in [0.15, 0.2) is 0 Å². The third kappa shape index (κ3) is 4.25. The first kappa shape index (κ1) is 19.1. The number of aromatic nitrogens is 3. The molecule has 7 nitrogen and oxygen atoms in total. The summed E-state index contributed by atoms with van der Waals surface area (Å²) in [6, 6.07) is 20.4. The molecule has 0 spiro atoms. The molecule has 0 aliphatic rings. The number of hydrogen-bond acceptors (Lipinski definition) is 5. The summed E-state index contributed by atoms with van der Waals surface area (Å²) in [6.07, 6.45) is 6.88. The molecule has 2 aromatic carbocycles. The second kappa shape index (κ2) is 8.83. The molecule has 0 fully saturated rings. The Hall–Kier alpha value is -4.26. The van der Waals surface area contributed by atoms with E-state index in [2.05, 4.69) is 15.5 Å². The summed E-state index contributed by atoms with van der Waals surface area (Å²) >= 11 is 0. The van der Waals surface area contributed by atoms with Crippen molar-refractivity contribution < 1.29 is 9.53 Å². The number of carbonyl (C=O) groups excluding carboxylic acids is 1. The molecule has 1 N–H and O–H groups in total. The lowest BCUT2D eigenvalue weighted by Crippen LogP contribution is -2.17. The Kier molecular flexibility index (Phi) is 5.61. The van der Waals surface area contributed by atoms with Crippen LogP contribution in [0.5, 0.6) is 5.75 Å². The third-order valence-electron chi connectivity index (χ3n) is 4.44.